The van der Waals surface area contributed by atoms with E-state index in [1.165, 1.54) is 5.56 Å². The smallest absolute Gasteiger partial charge is 0.255 e. The zero-order chi connectivity index (χ0) is 17.8. The van der Waals surface area contributed by atoms with E-state index in [2.05, 4.69) is 22.4 Å². The molecule has 0 saturated heterocycles. The molecule has 1 amide bonds. The number of nitrogens with zero attached hydrogens (tertiary/aromatic N) is 1. The molecular formula is C23H18N2O. The summed E-state index contributed by atoms with van der Waals surface area (Å²) in [5, 5.41) is 3.98. The molecule has 126 valence electrons. The second-order valence-electron chi connectivity index (χ2n) is 6.15. The fourth-order valence-corrected chi connectivity index (χ4v) is 3.11. The predicted octanol–water partition coefficient (Wildman–Crippen LogP) is 5.08. The highest BCUT2D eigenvalue weighted by atomic mass is 16.1. The van der Waals surface area contributed by atoms with Crippen LogP contribution < -0.4 is 5.32 Å². The van der Waals surface area contributed by atoms with Crippen molar-refractivity contribution in [3.63, 3.8) is 0 Å². The fourth-order valence-electron chi connectivity index (χ4n) is 3.11. The fraction of sp³-hybridized carbons (Fsp3) is 0.0435. The summed E-state index contributed by atoms with van der Waals surface area (Å²) in [5.41, 5.74) is 4.52. The summed E-state index contributed by atoms with van der Waals surface area (Å²) in [5.74, 6) is -0.104. The van der Waals surface area contributed by atoms with Crippen LogP contribution in [0, 0.1) is 0 Å². The Kier molecular flexibility index (Phi) is 4.44. The van der Waals surface area contributed by atoms with Crippen LogP contribution in [0.3, 0.4) is 0 Å². The van der Waals surface area contributed by atoms with Crippen molar-refractivity contribution >= 4 is 22.5 Å². The molecule has 0 saturated carbocycles. The number of pyridine rings is 1. The van der Waals surface area contributed by atoms with Gasteiger partial charge in [0.15, 0.2) is 0 Å². The first kappa shape index (κ1) is 16.0. The molecule has 0 bridgehead atoms. The minimum Gasteiger partial charge on any atom is -0.321 e. The van der Waals surface area contributed by atoms with Crippen LogP contribution >= 0.6 is 0 Å². The highest BCUT2D eigenvalue weighted by molar-refractivity contribution is 6.09. The first-order valence-electron chi connectivity index (χ1n) is 8.58. The van der Waals surface area contributed by atoms with Gasteiger partial charge in [0.2, 0.25) is 0 Å². The van der Waals surface area contributed by atoms with Crippen LogP contribution in [-0.2, 0) is 6.42 Å². The predicted molar refractivity (Wildman–Crippen MR) is 105 cm³/mol. The van der Waals surface area contributed by atoms with E-state index in [-0.39, 0.29) is 5.91 Å². The maximum Gasteiger partial charge on any atom is 0.255 e. The third kappa shape index (κ3) is 3.33. The first-order chi connectivity index (χ1) is 12.8. The highest BCUT2D eigenvalue weighted by Gasteiger charge is 2.13. The van der Waals surface area contributed by atoms with Gasteiger partial charge in [-0.3, -0.25) is 9.78 Å². The Labute approximate surface area is 152 Å². The lowest BCUT2D eigenvalue weighted by atomic mass is 9.99. The molecule has 0 fully saturated rings. The van der Waals surface area contributed by atoms with Crippen molar-refractivity contribution in [3.05, 3.63) is 108 Å². The average molecular weight is 338 g/mol. The molecule has 0 unspecified atom stereocenters. The van der Waals surface area contributed by atoms with Crippen molar-refractivity contribution in [2.75, 3.05) is 5.32 Å². The zero-order valence-electron chi connectivity index (χ0n) is 14.2. The lowest BCUT2D eigenvalue weighted by Crippen LogP contribution is -2.14. The van der Waals surface area contributed by atoms with Crippen LogP contribution in [0.4, 0.5) is 5.69 Å². The van der Waals surface area contributed by atoms with Gasteiger partial charge in [0.1, 0.15) is 0 Å². The Morgan fingerprint density at radius 1 is 0.808 bits per heavy atom. The number of hydrogen-bond acceptors (Lipinski definition) is 2. The largest absolute Gasteiger partial charge is 0.321 e. The van der Waals surface area contributed by atoms with Crippen molar-refractivity contribution in [3.8, 4) is 0 Å². The summed E-state index contributed by atoms with van der Waals surface area (Å²) in [6, 6.07) is 27.5. The molecule has 4 rings (SSSR count). The second kappa shape index (κ2) is 7.19. The molecule has 0 aliphatic carbocycles. The lowest BCUT2D eigenvalue weighted by Gasteiger charge is -2.12. The molecule has 1 heterocycles. The minimum atomic E-state index is -0.104. The van der Waals surface area contributed by atoms with Gasteiger partial charge in [0.05, 0.1) is 11.2 Å². The quantitative estimate of drug-likeness (QED) is 0.564. The Bertz CT molecular complexity index is 1050. The molecule has 4 aromatic rings. The molecule has 3 aromatic carbocycles. The van der Waals surface area contributed by atoms with Gasteiger partial charge in [-0.2, -0.15) is 0 Å². The van der Waals surface area contributed by atoms with Crippen LogP contribution in [0.1, 0.15) is 21.5 Å². The van der Waals surface area contributed by atoms with Crippen molar-refractivity contribution in [2.45, 2.75) is 6.42 Å². The van der Waals surface area contributed by atoms with Crippen LogP contribution in [-0.4, -0.2) is 10.9 Å². The maximum absolute atomic E-state index is 12.9. The molecule has 3 heteroatoms. The van der Waals surface area contributed by atoms with E-state index in [1.807, 2.05) is 72.8 Å². The van der Waals surface area contributed by atoms with Crippen LogP contribution in [0.2, 0.25) is 0 Å². The van der Waals surface area contributed by atoms with E-state index in [0.29, 0.717) is 5.56 Å². The normalized spacial score (nSPS) is 10.6. The summed E-state index contributed by atoms with van der Waals surface area (Å²) in [4.78, 5) is 17.3. The average Bonchev–Trinajstić information content (AvgIpc) is 2.69. The number of amides is 1. The van der Waals surface area contributed by atoms with Gasteiger partial charge in [-0.1, -0.05) is 54.6 Å². The third-order valence-corrected chi connectivity index (χ3v) is 4.39. The molecule has 0 atom stereocenters. The minimum absolute atomic E-state index is 0.104. The second-order valence-corrected chi connectivity index (χ2v) is 6.15. The molecule has 3 nitrogen and oxygen atoms in total. The van der Waals surface area contributed by atoms with E-state index >= 15 is 0 Å². The summed E-state index contributed by atoms with van der Waals surface area (Å²) in [6.45, 7) is 0. The number of aromatic nitrogens is 1. The van der Waals surface area contributed by atoms with Crippen molar-refractivity contribution in [2.24, 2.45) is 0 Å². The SMILES string of the molecule is O=C(Nc1cccc2ncccc12)c1ccccc1Cc1ccccc1. The third-order valence-electron chi connectivity index (χ3n) is 4.39. The molecule has 1 aromatic heterocycles. The number of rotatable bonds is 4. The number of hydrogen-bond donors (Lipinski definition) is 1. The van der Waals surface area contributed by atoms with Gasteiger partial charge >= 0.3 is 0 Å². The van der Waals surface area contributed by atoms with E-state index < -0.39 is 0 Å². The highest BCUT2D eigenvalue weighted by Crippen LogP contribution is 2.23. The van der Waals surface area contributed by atoms with Crippen LogP contribution in [0.15, 0.2) is 91.1 Å². The Morgan fingerprint density at radius 3 is 2.50 bits per heavy atom. The first-order valence-corrected chi connectivity index (χ1v) is 8.58. The molecule has 26 heavy (non-hydrogen) atoms. The van der Waals surface area contributed by atoms with E-state index in [0.717, 1.165) is 28.6 Å². The van der Waals surface area contributed by atoms with E-state index in [4.69, 9.17) is 0 Å². The molecule has 0 spiro atoms. The molecule has 1 N–H and O–H groups in total. The summed E-state index contributed by atoms with van der Waals surface area (Å²) >= 11 is 0. The summed E-state index contributed by atoms with van der Waals surface area (Å²) in [7, 11) is 0. The van der Waals surface area contributed by atoms with Gasteiger partial charge in [0.25, 0.3) is 5.91 Å². The van der Waals surface area contributed by atoms with Crippen molar-refractivity contribution in [1.29, 1.82) is 0 Å². The molecule has 0 aliphatic heterocycles. The van der Waals surface area contributed by atoms with Gasteiger partial charge in [0, 0.05) is 17.1 Å². The maximum atomic E-state index is 12.9. The number of fused-ring (bicyclic) bond motifs is 1. The van der Waals surface area contributed by atoms with Crippen LogP contribution in [0.5, 0.6) is 0 Å². The Balaban J connectivity index is 1.64. The standard InChI is InChI=1S/C23H18N2O/c26-23(25-22-14-6-13-21-20(22)12-7-15-24-21)19-11-5-4-10-18(19)16-17-8-2-1-3-9-17/h1-15H,16H2,(H,25,26). The van der Waals surface area contributed by atoms with Gasteiger partial charge in [-0.05, 0) is 47.9 Å². The van der Waals surface area contributed by atoms with Gasteiger partial charge in [-0.25, -0.2) is 0 Å². The van der Waals surface area contributed by atoms with Gasteiger partial charge < -0.3 is 5.32 Å². The Morgan fingerprint density at radius 2 is 1.62 bits per heavy atom. The Hall–Kier alpha value is -3.46. The summed E-state index contributed by atoms with van der Waals surface area (Å²) in [6.07, 6.45) is 2.48. The molecule has 0 aliphatic rings. The number of benzene rings is 3. The number of carbonyl (C=O) groups excluding carboxylic acids is 1. The van der Waals surface area contributed by atoms with Crippen LogP contribution in [0.25, 0.3) is 10.9 Å². The summed E-state index contributed by atoms with van der Waals surface area (Å²) < 4.78 is 0. The molecule has 0 radical (unpaired) electrons. The monoisotopic (exact) mass is 338 g/mol. The van der Waals surface area contributed by atoms with Gasteiger partial charge in [-0.15, -0.1) is 0 Å². The lowest BCUT2D eigenvalue weighted by molar-refractivity contribution is 0.102. The zero-order valence-corrected chi connectivity index (χ0v) is 14.2. The molecular weight excluding hydrogens is 320 g/mol. The van der Waals surface area contributed by atoms with Crippen molar-refractivity contribution in [1.82, 2.24) is 4.98 Å². The number of nitrogens with one attached hydrogen (secondary N) is 1. The number of carbonyl (C=O) groups is 1. The van der Waals surface area contributed by atoms with Crippen molar-refractivity contribution < 1.29 is 4.79 Å². The van der Waals surface area contributed by atoms with E-state index in [9.17, 15) is 4.79 Å². The van der Waals surface area contributed by atoms with E-state index in [1.54, 1.807) is 6.20 Å². The number of anilines is 1. The topological polar surface area (TPSA) is 42.0 Å².